The number of esters is 1. The minimum absolute atomic E-state index is 0.0576. The second-order valence-corrected chi connectivity index (χ2v) is 3.80. The van der Waals surface area contributed by atoms with Crippen LogP contribution < -0.4 is 9.47 Å². The quantitative estimate of drug-likeness (QED) is 0.295. The van der Waals surface area contributed by atoms with E-state index in [0.717, 1.165) is 0 Å². The predicted molar refractivity (Wildman–Crippen MR) is 72.6 cm³/mol. The third-order valence-corrected chi connectivity index (χ3v) is 2.40. The fourth-order valence-corrected chi connectivity index (χ4v) is 1.44. The zero-order valence-electron chi connectivity index (χ0n) is 11.9. The van der Waals surface area contributed by atoms with Crippen molar-refractivity contribution in [1.29, 1.82) is 0 Å². The Balaban J connectivity index is 2.48. The van der Waals surface area contributed by atoms with Crippen LogP contribution >= 0.6 is 0 Å². The Labute approximate surface area is 121 Å². The van der Waals surface area contributed by atoms with Crippen LogP contribution in [0.4, 0.5) is 5.69 Å². The molecule has 0 heterocycles. The number of nitro benzene ring substituents is 1. The van der Waals surface area contributed by atoms with Gasteiger partial charge in [0.15, 0.2) is 6.61 Å². The Kier molecular flexibility index (Phi) is 6.96. The number of rotatable bonds is 9. The van der Waals surface area contributed by atoms with Crippen LogP contribution in [0.3, 0.4) is 0 Å². The number of nitrogens with zero attached hydrogens (tertiary/aromatic N) is 1. The van der Waals surface area contributed by atoms with E-state index in [1.54, 1.807) is 0 Å². The lowest BCUT2D eigenvalue weighted by Crippen LogP contribution is -2.17. The van der Waals surface area contributed by atoms with Gasteiger partial charge in [-0.2, -0.15) is 0 Å². The number of hydrogen-bond acceptors (Lipinski definition) is 7. The molecule has 116 valence electrons. The normalized spacial score (nSPS) is 10.0. The minimum Gasteiger partial charge on any atom is -0.490 e. The number of ether oxygens (including phenoxy) is 4. The summed E-state index contributed by atoms with van der Waals surface area (Å²) in [7, 11) is 1.31. The van der Waals surface area contributed by atoms with E-state index in [4.69, 9.17) is 18.9 Å². The first-order chi connectivity index (χ1) is 10.1. The Morgan fingerprint density at radius 2 is 2.10 bits per heavy atom. The van der Waals surface area contributed by atoms with Crippen LogP contribution in [-0.2, 0) is 14.3 Å². The number of hydrogen-bond donors (Lipinski definition) is 0. The highest BCUT2D eigenvalue weighted by molar-refractivity contribution is 5.71. The predicted octanol–water partition coefficient (Wildman–Crippen LogP) is 1.56. The second-order valence-electron chi connectivity index (χ2n) is 3.80. The van der Waals surface area contributed by atoms with Gasteiger partial charge in [0.25, 0.3) is 0 Å². The van der Waals surface area contributed by atoms with E-state index in [2.05, 4.69) is 0 Å². The third-order valence-electron chi connectivity index (χ3n) is 2.40. The average Bonchev–Trinajstić information content (AvgIpc) is 2.49. The van der Waals surface area contributed by atoms with Crippen molar-refractivity contribution in [3.63, 3.8) is 0 Å². The van der Waals surface area contributed by atoms with Crippen LogP contribution in [0.5, 0.6) is 11.5 Å². The number of benzene rings is 1. The third kappa shape index (κ3) is 5.65. The molecular formula is C13H17NO7. The van der Waals surface area contributed by atoms with Gasteiger partial charge >= 0.3 is 11.7 Å². The van der Waals surface area contributed by atoms with Gasteiger partial charge < -0.3 is 18.9 Å². The maximum atomic E-state index is 11.4. The van der Waals surface area contributed by atoms with Crippen LogP contribution in [-0.4, -0.2) is 44.4 Å². The van der Waals surface area contributed by atoms with Crippen LogP contribution in [0.25, 0.3) is 0 Å². The summed E-state index contributed by atoms with van der Waals surface area (Å²) in [6, 6.07) is 3.97. The molecule has 0 saturated heterocycles. The smallest absolute Gasteiger partial charge is 0.344 e. The van der Waals surface area contributed by atoms with E-state index in [0.29, 0.717) is 13.2 Å². The number of carbonyl (C=O) groups excluding carboxylic acids is 1. The second kappa shape index (κ2) is 8.75. The van der Waals surface area contributed by atoms with Crippen LogP contribution in [0.2, 0.25) is 0 Å². The summed E-state index contributed by atoms with van der Waals surface area (Å²) in [5, 5.41) is 10.7. The van der Waals surface area contributed by atoms with Crippen LogP contribution in [0.1, 0.15) is 6.92 Å². The van der Waals surface area contributed by atoms with Gasteiger partial charge in [-0.15, -0.1) is 0 Å². The van der Waals surface area contributed by atoms with Crippen molar-refractivity contribution in [3.05, 3.63) is 28.3 Å². The summed E-state index contributed by atoms with van der Waals surface area (Å²) in [4.78, 5) is 21.5. The highest BCUT2D eigenvalue weighted by atomic mass is 16.6. The molecule has 21 heavy (non-hydrogen) atoms. The molecule has 0 fully saturated rings. The maximum Gasteiger partial charge on any atom is 0.344 e. The number of methoxy groups -OCH3 is 1. The Bertz CT molecular complexity index is 489. The van der Waals surface area contributed by atoms with Crippen molar-refractivity contribution in [2.45, 2.75) is 6.92 Å². The average molecular weight is 299 g/mol. The van der Waals surface area contributed by atoms with Crippen molar-refractivity contribution >= 4 is 11.7 Å². The standard InChI is InChI=1S/C13H17NO7/c1-3-19-6-7-20-13(15)9-21-10-4-5-11(14(16)17)12(8-10)18-2/h4-5,8H,3,6-7,9H2,1-2H3. The summed E-state index contributed by atoms with van der Waals surface area (Å²) in [5.41, 5.74) is -0.177. The lowest BCUT2D eigenvalue weighted by molar-refractivity contribution is -0.385. The SMILES string of the molecule is CCOCCOC(=O)COc1ccc([N+](=O)[O-])c(OC)c1. The molecule has 0 spiro atoms. The van der Waals surface area contributed by atoms with Crippen molar-refractivity contribution in [3.8, 4) is 11.5 Å². The first-order valence-electron chi connectivity index (χ1n) is 6.27. The Hall–Kier alpha value is -2.35. The molecule has 0 aromatic heterocycles. The zero-order chi connectivity index (χ0) is 15.7. The molecule has 0 aliphatic rings. The molecule has 0 saturated carbocycles. The van der Waals surface area contributed by atoms with Crippen LogP contribution in [0, 0.1) is 10.1 Å². The molecule has 8 nitrogen and oxygen atoms in total. The zero-order valence-corrected chi connectivity index (χ0v) is 11.9. The topological polar surface area (TPSA) is 97.1 Å². The molecule has 1 aromatic rings. The van der Waals surface area contributed by atoms with E-state index in [1.807, 2.05) is 6.92 Å². The lowest BCUT2D eigenvalue weighted by atomic mass is 10.3. The molecule has 8 heteroatoms. The summed E-state index contributed by atoms with van der Waals surface area (Å²) >= 11 is 0. The summed E-state index contributed by atoms with van der Waals surface area (Å²) in [5.74, 6) is -0.214. The first kappa shape index (κ1) is 16.7. The number of carbonyl (C=O) groups is 1. The van der Waals surface area contributed by atoms with Gasteiger partial charge in [-0.25, -0.2) is 4.79 Å². The van der Waals surface area contributed by atoms with Gasteiger partial charge in [0.2, 0.25) is 5.75 Å². The molecule has 1 rings (SSSR count). The number of nitro groups is 1. The molecule has 1 aromatic carbocycles. The fraction of sp³-hybridized carbons (Fsp3) is 0.462. The molecule has 0 radical (unpaired) electrons. The molecular weight excluding hydrogens is 282 g/mol. The van der Waals surface area contributed by atoms with Crippen molar-refractivity contribution < 1.29 is 28.7 Å². The molecule has 0 amide bonds. The molecule has 0 unspecified atom stereocenters. The van der Waals surface area contributed by atoms with Crippen LogP contribution in [0.15, 0.2) is 18.2 Å². The maximum absolute atomic E-state index is 11.4. The van der Waals surface area contributed by atoms with Crippen molar-refractivity contribution in [2.24, 2.45) is 0 Å². The monoisotopic (exact) mass is 299 g/mol. The van der Waals surface area contributed by atoms with Gasteiger partial charge in [-0.3, -0.25) is 10.1 Å². The van der Waals surface area contributed by atoms with Gasteiger partial charge in [-0.1, -0.05) is 0 Å². The van der Waals surface area contributed by atoms with E-state index < -0.39 is 10.9 Å². The van der Waals surface area contributed by atoms with Crippen molar-refractivity contribution in [1.82, 2.24) is 0 Å². The molecule has 0 aliphatic carbocycles. The minimum atomic E-state index is -0.565. The first-order valence-corrected chi connectivity index (χ1v) is 6.27. The fourth-order valence-electron chi connectivity index (χ4n) is 1.44. The van der Waals surface area contributed by atoms with E-state index in [1.165, 1.54) is 25.3 Å². The molecule has 0 N–H and O–H groups in total. The van der Waals surface area contributed by atoms with Gasteiger partial charge in [0, 0.05) is 18.7 Å². The molecule has 0 atom stereocenters. The van der Waals surface area contributed by atoms with E-state index in [-0.39, 0.29) is 30.4 Å². The summed E-state index contributed by atoms with van der Waals surface area (Å²) in [6.45, 7) is 2.57. The largest absolute Gasteiger partial charge is 0.490 e. The van der Waals surface area contributed by atoms with Gasteiger partial charge in [0.1, 0.15) is 12.4 Å². The lowest BCUT2D eigenvalue weighted by Gasteiger charge is -2.08. The highest BCUT2D eigenvalue weighted by Crippen LogP contribution is 2.30. The Morgan fingerprint density at radius 3 is 2.71 bits per heavy atom. The van der Waals surface area contributed by atoms with Gasteiger partial charge in [0.05, 0.1) is 18.6 Å². The Morgan fingerprint density at radius 1 is 1.33 bits per heavy atom. The van der Waals surface area contributed by atoms with E-state index >= 15 is 0 Å². The highest BCUT2D eigenvalue weighted by Gasteiger charge is 2.15. The van der Waals surface area contributed by atoms with Gasteiger partial charge in [-0.05, 0) is 13.0 Å². The molecule has 0 bridgehead atoms. The van der Waals surface area contributed by atoms with Crippen molar-refractivity contribution in [2.75, 3.05) is 33.5 Å². The molecule has 0 aliphatic heterocycles. The van der Waals surface area contributed by atoms with E-state index in [9.17, 15) is 14.9 Å². The summed E-state index contributed by atoms with van der Waals surface area (Å²) < 4.78 is 19.9. The summed E-state index contributed by atoms with van der Waals surface area (Å²) in [6.07, 6.45) is 0.